The Morgan fingerprint density at radius 3 is 1.32 bits per heavy atom. The van der Waals surface area contributed by atoms with Crippen LogP contribution in [0.3, 0.4) is 0 Å². The summed E-state index contributed by atoms with van der Waals surface area (Å²) < 4.78 is 0. The predicted molar refractivity (Wildman–Crippen MR) is 97.4 cm³/mol. The van der Waals surface area contributed by atoms with Crippen LogP contribution in [-0.4, -0.2) is 11.4 Å². The number of hydrogen-bond acceptors (Lipinski definition) is 2. The Morgan fingerprint density at radius 2 is 1.00 bits per heavy atom. The summed E-state index contributed by atoms with van der Waals surface area (Å²) in [5.41, 5.74) is 8.83. The molecule has 0 radical (unpaired) electrons. The second kappa shape index (κ2) is 6.69. The van der Waals surface area contributed by atoms with Crippen LogP contribution in [0.15, 0.2) is 46.4 Å². The standard InChI is InChI=1S/C20H24N2/c1-13-7-9-19(15(3)11-13)21-17(5)18(6)22-20-10-8-14(2)12-16(20)4/h7-12H,1-6H3/b21-17+,22-18+. The van der Waals surface area contributed by atoms with E-state index in [2.05, 4.69) is 64.1 Å². The zero-order valence-electron chi connectivity index (χ0n) is 14.4. The summed E-state index contributed by atoms with van der Waals surface area (Å²) in [6.45, 7) is 12.4. The molecule has 0 saturated carbocycles. The van der Waals surface area contributed by atoms with Gasteiger partial charge in [-0.3, -0.25) is 9.98 Å². The zero-order valence-corrected chi connectivity index (χ0v) is 14.4. The fourth-order valence-corrected chi connectivity index (χ4v) is 2.38. The molecule has 2 heteroatoms. The molecule has 0 heterocycles. The van der Waals surface area contributed by atoms with E-state index in [9.17, 15) is 0 Å². The molecule has 2 aromatic rings. The maximum absolute atomic E-state index is 4.73. The fraction of sp³-hybridized carbons (Fsp3) is 0.300. The maximum atomic E-state index is 4.73. The highest BCUT2D eigenvalue weighted by Crippen LogP contribution is 2.22. The number of hydrogen-bond donors (Lipinski definition) is 0. The zero-order chi connectivity index (χ0) is 16.3. The Balaban J connectivity index is 2.33. The summed E-state index contributed by atoms with van der Waals surface area (Å²) in [6.07, 6.45) is 0. The molecule has 0 fully saturated rings. The molecule has 2 nitrogen and oxygen atoms in total. The van der Waals surface area contributed by atoms with Crippen molar-refractivity contribution in [3.05, 3.63) is 58.7 Å². The van der Waals surface area contributed by atoms with Crippen molar-refractivity contribution in [3.63, 3.8) is 0 Å². The first-order valence-corrected chi connectivity index (χ1v) is 7.62. The first-order valence-electron chi connectivity index (χ1n) is 7.62. The van der Waals surface area contributed by atoms with Gasteiger partial charge in [0.05, 0.1) is 22.8 Å². The van der Waals surface area contributed by atoms with E-state index in [1.165, 1.54) is 22.3 Å². The smallest absolute Gasteiger partial charge is 0.0662 e. The van der Waals surface area contributed by atoms with E-state index >= 15 is 0 Å². The second-order valence-electron chi connectivity index (χ2n) is 5.97. The van der Waals surface area contributed by atoms with E-state index in [1.54, 1.807) is 0 Å². The van der Waals surface area contributed by atoms with Gasteiger partial charge < -0.3 is 0 Å². The lowest BCUT2D eigenvalue weighted by atomic mass is 10.1. The third-order valence-corrected chi connectivity index (χ3v) is 3.80. The van der Waals surface area contributed by atoms with Crippen LogP contribution in [0.5, 0.6) is 0 Å². The van der Waals surface area contributed by atoms with Gasteiger partial charge in [-0.25, -0.2) is 0 Å². The van der Waals surface area contributed by atoms with Crippen LogP contribution in [0.4, 0.5) is 11.4 Å². The molecule has 0 aliphatic rings. The van der Waals surface area contributed by atoms with Gasteiger partial charge in [0.15, 0.2) is 0 Å². The first-order chi connectivity index (χ1) is 10.4. The molecule has 0 bridgehead atoms. The molecule has 0 spiro atoms. The Hall–Kier alpha value is -2.22. The Bertz CT molecular complexity index is 687. The average molecular weight is 292 g/mol. The fourth-order valence-electron chi connectivity index (χ4n) is 2.38. The lowest BCUT2D eigenvalue weighted by Crippen LogP contribution is -2.05. The summed E-state index contributed by atoms with van der Waals surface area (Å²) >= 11 is 0. The lowest BCUT2D eigenvalue weighted by Gasteiger charge is -2.06. The summed E-state index contributed by atoms with van der Waals surface area (Å²) in [5, 5.41) is 0. The Kier molecular flexibility index (Phi) is 4.92. The first kappa shape index (κ1) is 16.2. The van der Waals surface area contributed by atoms with Crippen molar-refractivity contribution in [2.24, 2.45) is 9.98 Å². The van der Waals surface area contributed by atoms with E-state index < -0.39 is 0 Å². The molecule has 2 rings (SSSR count). The molecule has 0 aliphatic carbocycles. The van der Waals surface area contributed by atoms with Crippen LogP contribution in [-0.2, 0) is 0 Å². The molecule has 0 saturated heterocycles. The van der Waals surface area contributed by atoms with Crippen LogP contribution in [0, 0.1) is 27.7 Å². The molecule has 0 amide bonds. The molecule has 0 unspecified atom stereocenters. The second-order valence-corrected chi connectivity index (χ2v) is 5.97. The summed E-state index contributed by atoms with van der Waals surface area (Å²) in [7, 11) is 0. The number of aliphatic imine (C=N–C) groups is 2. The van der Waals surface area contributed by atoms with E-state index in [-0.39, 0.29) is 0 Å². The highest BCUT2D eigenvalue weighted by Gasteiger charge is 2.03. The number of rotatable bonds is 3. The average Bonchev–Trinajstić information content (AvgIpc) is 2.44. The highest BCUT2D eigenvalue weighted by molar-refractivity contribution is 6.41. The van der Waals surface area contributed by atoms with Crippen LogP contribution in [0.2, 0.25) is 0 Å². The van der Waals surface area contributed by atoms with Gasteiger partial charge in [-0.2, -0.15) is 0 Å². The minimum atomic E-state index is 0.951. The van der Waals surface area contributed by atoms with E-state index in [0.29, 0.717) is 0 Å². The number of benzene rings is 2. The van der Waals surface area contributed by atoms with Crippen LogP contribution >= 0.6 is 0 Å². The van der Waals surface area contributed by atoms with Crippen LogP contribution < -0.4 is 0 Å². The maximum Gasteiger partial charge on any atom is 0.0662 e. The largest absolute Gasteiger partial charge is 0.252 e. The van der Waals surface area contributed by atoms with Crippen LogP contribution in [0.25, 0.3) is 0 Å². The van der Waals surface area contributed by atoms with Crippen molar-refractivity contribution < 1.29 is 0 Å². The molecule has 0 aromatic heterocycles. The summed E-state index contributed by atoms with van der Waals surface area (Å²) in [5.74, 6) is 0. The van der Waals surface area contributed by atoms with Gasteiger partial charge in [-0.1, -0.05) is 35.4 Å². The van der Waals surface area contributed by atoms with Gasteiger partial charge in [0.1, 0.15) is 0 Å². The molecule has 0 N–H and O–H groups in total. The monoisotopic (exact) mass is 292 g/mol. The molecule has 2 aromatic carbocycles. The lowest BCUT2D eigenvalue weighted by molar-refractivity contribution is 1.33. The van der Waals surface area contributed by atoms with Gasteiger partial charge >= 0.3 is 0 Å². The molecular formula is C20H24N2. The molecule has 0 aliphatic heterocycles. The predicted octanol–water partition coefficient (Wildman–Crippen LogP) is 5.81. The quantitative estimate of drug-likeness (QED) is 0.638. The third-order valence-electron chi connectivity index (χ3n) is 3.80. The number of aryl methyl sites for hydroxylation is 4. The van der Waals surface area contributed by atoms with Gasteiger partial charge in [0, 0.05) is 0 Å². The molecule has 22 heavy (non-hydrogen) atoms. The Labute approximate surface area is 133 Å². The van der Waals surface area contributed by atoms with E-state index in [4.69, 9.17) is 9.98 Å². The van der Waals surface area contributed by atoms with Crippen molar-refractivity contribution in [2.75, 3.05) is 0 Å². The van der Waals surface area contributed by atoms with Crippen molar-refractivity contribution in [1.82, 2.24) is 0 Å². The van der Waals surface area contributed by atoms with Gasteiger partial charge in [0.25, 0.3) is 0 Å². The van der Waals surface area contributed by atoms with Crippen molar-refractivity contribution in [2.45, 2.75) is 41.5 Å². The summed E-state index contributed by atoms with van der Waals surface area (Å²) in [4.78, 5) is 9.46. The van der Waals surface area contributed by atoms with Gasteiger partial charge in [-0.15, -0.1) is 0 Å². The van der Waals surface area contributed by atoms with Gasteiger partial charge in [-0.05, 0) is 64.8 Å². The third kappa shape index (κ3) is 3.91. The van der Waals surface area contributed by atoms with E-state index in [0.717, 1.165) is 22.8 Å². The molecule has 114 valence electrons. The van der Waals surface area contributed by atoms with Crippen molar-refractivity contribution in [3.8, 4) is 0 Å². The van der Waals surface area contributed by atoms with Crippen molar-refractivity contribution >= 4 is 22.8 Å². The van der Waals surface area contributed by atoms with Crippen molar-refractivity contribution in [1.29, 1.82) is 0 Å². The topological polar surface area (TPSA) is 24.7 Å². The minimum Gasteiger partial charge on any atom is -0.252 e. The SMILES string of the molecule is CC(=N\c1ccc(C)cc1C)/C(C)=N/c1ccc(C)cc1C. The summed E-state index contributed by atoms with van der Waals surface area (Å²) in [6, 6.07) is 12.6. The normalized spacial score (nSPS) is 12.6. The van der Waals surface area contributed by atoms with Crippen LogP contribution in [0.1, 0.15) is 36.1 Å². The van der Waals surface area contributed by atoms with E-state index in [1.807, 2.05) is 13.8 Å². The number of nitrogens with zero attached hydrogens (tertiary/aromatic N) is 2. The molecular weight excluding hydrogens is 268 g/mol. The Morgan fingerprint density at radius 1 is 0.636 bits per heavy atom. The van der Waals surface area contributed by atoms with Gasteiger partial charge in [0.2, 0.25) is 0 Å². The minimum absolute atomic E-state index is 0.951. The highest BCUT2D eigenvalue weighted by atomic mass is 14.8. The molecule has 0 atom stereocenters.